The van der Waals surface area contributed by atoms with Crippen LogP contribution in [0.4, 0.5) is 19.0 Å². The number of rotatable bonds is 1. The molecule has 0 saturated carbocycles. The van der Waals surface area contributed by atoms with Crippen molar-refractivity contribution in [2.45, 2.75) is 12.2 Å². The van der Waals surface area contributed by atoms with Gasteiger partial charge in [-0.25, -0.2) is 4.98 Å². The Morgan fingerprint density at radius 1 is 1.43 bits per heavy atom. The summed E-state index contributed by atoms with van der Waals surface area (Å²) in [4.78, 5) is 3.56. The SMILES string of the molecule is Nc1ncc(Br)cc1[C@@H](N)C(F)(F)F. The average molecular weight is 270 g/mol. The van der Waals surface area contributed by atoms with Gasteiger partial charge in [0.05, 0.1) is 0 Å². The van der Waals surface area contributed by atoms with Crippen LogP contribution in [0.3, 0.4) is 0 Å². The molecule has 0 unspecified atom stereocenters. The highest BCUT2D eigenvalue weighted by Crippen LogP contribution is 2.33. The van der Waals surface area contributed by atoms with Crippen molar-refractivity contribution in [2.24, 2.45) is 5.73 Å². The molecule has 78 valence electrons. The lowest BCUT2D eigenvalue weighted by Crippen LogP contribution is -2.29. The Labute approximate surface area is 86.4 Å². The Hall–Kier alpha value is -0.820. The molecule has 1 aromatic rings. The van der Waals surface area contributed by atoms with Gasteiger partial charge in [0.25, 0.3) is 0 Å². The molecule has 0 saturated heterocycles. The lowest BCUT2D eigenvalue weighted by molar-refractivity contribution is -0.149. The van der Waals surface area contributed by atoms with E-state index in [4.69, 9.17) is 11.5 Å². The lowest BCUT2D eigenvalue weighted by Gasteiger charge is -2.17. The Kier molecular flexibility index (Phi) is 3.01. The number of alkyl halides is 3. The van der Waals surface area contributed by atoms with Gasteiger partial charge in [0.1, 0.15) is 11.9 Å². The van der Waals surface area contributed by atoms with Crippen LogP contribution in [0.5, 0.6) is 0 Å². The molecule has 0 aliphatic rings. The maximum atomic E-state index is 12.2. The summed E-state index contributed by atoms with van der Waals surface area (Å²) in [5.41, 5.74) is 10.0. The molecule has 0 aromatic carbocycles. The van der Waals surface area contributed by atoms with Crippen molar-refractivity contribution in [3.8, 4) is 0 Å². The molecule has 4 N–H and O–H groups in total. The minimum atomic E-state index is -4.52. The second kappa shape index (κ2) is 3.74. The third kappa shape index (κ3) is 2.36. The number of anilines is 1. The van der Waals surface area contributed by atoms with Gasteiger partial charge >= 0.3 is 6.18 Å². The molecule has 0 fully saturated rings. The number of nitrogens with zero attached hydrogens (tertiary/aromatic N) is 1. The van der Waals surface area contributed by atoms with E-state index in [-0.39, 0.29) is 11.4 Å². The van der Waals surface area contributed by atoms with Crippen molar-refractivity contribution < 1.29 is 13.2 Å². The monoisotopic (exact) mass is 269 g/mol. The standard InChI is InChI=1S/C7H7BrF3N3/c8-3-1-4(6(13)14-2-3)5(12)7(9,10)11/h1-2,5H,12H2,(H2,13,14)/t5-/m1/s1. The van der Waals surface area contributed by atoms with Crippen LogP contribution in [0, 0.1) is 0 Å². The summed E-state index contributed by atoms with van der Waals surface area (Å²) in [6.45, 7) is 0. The van der Waals surface area contributed by atoms with Gasteiger partial charge in [-0.2, -0.15) is 13.2 Å². The molecule has 0 amide bonds. The second-order valence-corrected chi connectivity index (χ2v) is 3.56. The van der Waals surface area contributed by atoms with Crippen molar-refractivity contribution in [1.29, 1.82) is 0 Å². The third-order valence-electron chi connectivity index (χ3n) is 1.60. The van der Waals surface area contributed by atoms with Crippen molar-refractivity contribution in [2.75, 3.05) is 5.73 Å². The molecule has 0 spiro atoms. The summed E-state index contributed by atoms with van der Waals surface area (Å²) < 4.78 is 37.1. The molecular weight excluding hydrogens is 263 g/mol. The van der Waals surface area contributed by atoms with Crippen molar-refractivity contribution in [3.05, 3.63) is 22.3 Å². The molecule has 14 heavy (non-hydrogen) atoms. The molecule has 1 atom stereocenters. The highest BCUT2D eigenvalue weighted by Gasteiger charge is 2.39. The maximum absolute atomic E-state index is 12.2. The number of nitrogen functional groups attached to an aromatic ring is 1. The first kappa shape index (κ1) is 11.3. The van der Waals surface area contributed by atoms with E-state index in [1.807, 2.05) is 0 Å². The summed E-state index contributed by atoms with van der Waals surface area (Å²) in [5.74, 6) is -0.210. The summed E-state index contributed by atoms with van der Waals surface area (Å²) in [5, 5.41) is 0. The molecule has 1 rings (SSSR count). The van der Waals surface area contributed by atoms with Gasteiger partial charge in [-0.05, 0) is 22.0 Å². The van der Waals surface area contributed by atoms with Gasteiger partial charge in [-0.1, -0.05) is 0 Å². The number of halogens is 4. The number of pyridine rings is 1. The van der Waals surface area contributed by atoms with Crippen LogP contribution in [-0.2, 0) is 0 Å². The molecule has 0 radical (unpaired) electrons. The second-order valence-electron chi connectivity index (χ2n) is 2.65. The quantitative estimate of drug-likeness (QED) is 0.820. The van der Waals surface area contributed by atoms with E-state index >= 15 is 0 Å². The summed E-state index contributed by atoms with van der Waals surface area (Å²) in [6, 6.07) is -0.895. The highest BCUT2D eigenvalue weighted by molar-refractivity contribution is 9.10. The van der Waals surface area contributed by atoms with E-state index in [0.29, 0.717) is 4.47 Å². The molecule has 1 heterocycles. The van der Waals surface area contributed by atoms with Gasteiger partial charge in [-0.15, -0.1) is 0 Å². The van der Waals surface area contributed by atoms with Gasteiger partial charge < -0.3 is 11.5 Å². The molecule has 1 aromatic heterocycles. The van der Waals surface area contributed by atoms with E-state index in [0.717, 1.165) is 0 Å². The molecule has 0 aliphatic carbocycles. The first-order valence-electron chi connectivity index (χ1n) is 3.55. The predicted octanol–water partition coefficient (Wildman–Crippen LogP) is 1.99. The van der Waals surface area contributed by atoms with Crippen LogP contribution < -0.4 is 11.5 Å². The normalized spacial score (nSPS) is 14.1. The number of hydrogen-bond donors (Lipinski definition) is 2. The van der Waals surface area contributed by atoms with Crippen LogP contribution in [0.1, 0.15) is 11.6 Å². The maximum Gasteiger partial charge on any atom is 0.407 e. The van der Waals surface area contributed by atoms with Crippen LogP contribution >= 0.6 is 15.9 Å². The Bertz CT molecular complexity index is 339. The van der Waals surface area contributed by atoms with Crippen molar-refractivity contribution >= 4 is 21.7 Å². The van der Waals surface area contributed by atoms with E-state index in [1.54, 1.807) is 0 Å². The predicted molar refractivity (Wildman–Crippen MR) is 49.3 cm³/mol. The largest absolute Gasteiger partial charge is 0.407 e. The Balaban J connectivity index is 3.12. The fraction of sp³-hybridized carbons (Fsp3) is 0.286. The molecule has 7 heteroatoms. The molecule has 0 bridgehead atoms. The third-order valence-corrected chi connectivity index (χ3v) is 2.04. The van der Waals surface area contributed by atoms with E-state index in [1.165, 1.54) is 12.3 Å². The minimum absolute atomic E-state index is 0.210. The van der Waals surface area contributed by atoms with Crippen LogP contribution in [0.25, 0.3) is 0 Å². The van der Waals surface area contributed by atoms with Crippen molar-refractivity contribution in [1.82, 2.24) is 4.98 Å². The summed E-state index contributed by atoms with van der Waals surface area (Å²) in [6.07, 6.45) is -3.21. The van der Waals surface area contributed by atoms with Crippen LogP contribution in [0.2, 0.25) is 0 Å². The fourth-order valence-corrected chi connectivity index (χ4v) is 1.24. The first-order valence-corrected chi connectivity index (χ1v) is 4.35. The van der Waals surface area contributed by atoms with E-state index in [2.05, 4.69) is 20.9 Å². The zero-order chi connectivity index (χ0) is 10.9. The average Bonchev–Trinajstić information content (AvgIpc) is 2.06. The molecular formula is C7H7BrF3N3. The first-order chi connectivity index (χ1) is 6.32. The van der Waals surface area contributed by atoms with Crippen LogP contribution in [0.15, 0.2) is 16.7 Å². The van der Waals surface area contributed by atoms with Gasteiger partial charge in [0.15, 0.2) is 0 Å². The topological polar surface area (TPSA) is 64.9 Å². The number of hydrogen-bond acceptors (Lipinski definition) is 3. The summed E-state index contributed by atoms with van der Waals surface area (Å²) in [7, 11) is 0. The Morgan fingerprint density at radius 3 is 2.50 bits per heavy atom. The fourth-order valence-electron chi connectivity index (χ4n) is 0.891. The zero-order valence-corrected chi connectivity index (χ0v) is 8.43. The molecule has 3 nitrogen and oxygen atoms in total. The Morgan fingerprint density at radius 2 is 2.00 bits per heavy atom. The van der Waals surface area contributed by atoms with Crippen molar-refractivity contribution in [3.63, 3.8) is 0 Å². The smallest absolute Gasteiger partial charge is 0.383 e. The van der Waals surface area contributed by atoms with Gasteiger partial charge in [-0.3, -0.25) is 0 Å². The lowest BCUT2D eigenvalue weighted by atomic mass is 10.1. The summed E-state index contributed by atoms with van der Waals surface area (Å²) >= 11 is 2.99. The molecule has 0 aliphatic heterocycles. The number of nitrogens with two attached hydrogens (primary N) is 2. The zero-order valence-electron chi connectivity index (χ0n) is 6.85. The number of aromatic nitrogens is 1. The minimum Gasteiger partial charge on any atom is -0.383 e. The highest BCUT2D eigenvalue weighted by atomic mass is 79.9. The van der Waals surface area contributed by atoms with E-state index in [9.17, 15) is 13.2 Å². The van der Waals surface area contributed by atoms with Gasteiger partial charge in [0.2, 0.25) is 0 Å². The van der Waals surface area contributed by atoms with Gasteiger partial charge in [0, 0.05) is 16.2 Å². The van der Waals surface area contributed by atoms with Crippen LogP contribution in [-0.4, -0.2) is 11.2 Å². The van der Waals surface area contributed by atoms with E-state index < -0.39 is 12.2 Å².